The van der Waals surface area contributed by atoms with Crippen molar-refractivity contribution in [1.29, 1.82) is 0 Å². The normalized spacial score (nSPS) is 13.1. The molecule has 2 heterocycles. The summed E-state index contributed by atoms with van der Waals surface area (Å²) in [5.41, 5.74) is 1.60. The molecule has 82 valence electrons. The van der Waals surface area contributed by atoms with E-state index in [0.717, 1.165) is 22.9 Å². The average molecular weight is 238 g/mol. The maximum Gasteiger partial charge on any atom is 0.231 e. The predicted molar refractivity (Wildman–Crippen MR) is 57.0 cm³/mol. The van der Waals surface area contributed by atoms with Gasteiger partial charge in [-0.15, -0.1) is 16.7 Å². The Kier molecular flexibility index (Phi) is 2.18. The minimum Gasteiger partial charge on any atom is -0.454 e. The first-order chi connectivity index (χ1) is 7.86. The molecule has 2 aromatic rings. The summed E-state index contributed by atoms with van der Waals surface area (Å²) in [5, 5.41) is 7.88. The summed E-state index contributed by atoms with van der Waals surface area (Å²) in [7, 11) is 0. The molecule has 0 aliphatic carbocycles. The van der Waals surface area contributed by atoms with Gasteiger partial charge in [0.1, 0.15) is 0 Å². The number of fused-ring (bicyclic) bond motifs is 1. The van der Waals surface area contributed by atoms with Gasteiger partial charge in [-0.3, -0.25) is 0 Å². The first kappa shape index (κ1) is 9.47. The number of hydrogen-bond acceptors (Lipinski definition) is 4. The Bertz CT molecular complexity index is 527. The SMILES string of the molecule is ClCc1cn(-c2ccc3c(c2)OCO3)nn1. The van der Waals surface area contributed by atoms with Gasteiger partial charge in [-0.2, -0.15) is 0 Å². The fourth-order valence-corrected chi connectivity index (χ4v) is 1.64. The van der Waals surface area contributed by atoms with E-state index in [1.807, 2.05) is 18.2 Å². The van der Waals surface area contributed by atoms with Crippen LogP contribution in [-0.2, 0) is 5.88 Å². The lowest BCUT2D eigenvalue weighted by Gasteiger charge is -2.01. The van der Waals surface area contributed by atoms with Crippen molar-refractivity contribution in [1.82, 2.24) is 15.0 Å². The summed E-state index contributed by atoms with van der Waals surface area (Å²) in [6, 6.07) is 5.59. The summed E-state index contributed by atoms with van der Waals surface area (Å²) in [4.78, 5) is 0. The van der Waals surface area contributed by atoms with Gasteiger partial charge >= 0.3 is 0 Å². The molecule has 1 aliphatic heterocycles. The summed E-state index contributed by atoms with van der Waals surface area (Å²) >= 11 is 5.66. The molecule has 0 unspecified atom stereocenters. The highest BCUT2D eigenvalue weighted by atomic mass is 35.5. The molecule has 1 aliphatic rings. The molecule has 0 spiro atoms. The molecule has 0 bridgehead atoms. The highest BCUT2D eigenvalue weighted by Gasteiger charge is 2.14. The smallest absolute Gasteiger partial charge is 0.231 e. The van der Waals surface area contributed by atoms with Crippen LogP contribution in [0, 0.1) is 0 Å². The van der Waals surface area contributed by atoms with Gasteiger partial charge < -0.3 is 9.47 Å². The van der Waals surface area contributed by atoms with Crippen LogP contribution in [-0.4, -0.2) is 21.8 Å². The third-order valence-electron chi connectivity index (χ3n) is 2.30. The van der Waals surface area contributed by atoms with Crippen LogP contribution in [0.25, 0.3) is 5.69 Å². The fourth-order valence-electron chi connectivity index (χ4n) is 1.51. The van der Waals surface area contributed by atoms with E-state index in [4.69, 9.17) is 21.1 Å². The summed E-state index contributed by atoms with van der Waals surface area (Å²) in [6.07, 6.45) is 1.78. The van der Waals surface area contributed by atoms with Crippen LogP contribution in [0.5, 0.6) is 11.5 Å². The second-order valence-corrected chi connectivity index (χ2v) is 3.59. The number of benzene rings is 1. The maximum absolute atomic E-state index is 5.66. The third-order valence-corrected chi connectivity index (χ3v) is 2.57. The van der Waals surface area contributed by atoms with E-state index in [2.05, 4.69) is 10.3 Å². The van der Waals surface area contributed by atoms with Crippen LogP contribution in [0.4, 0.5) is 0 Å². The summed E-state index contributed by atoms with van der Waals surface area (Å²) in [5.74, 6) is 1.83. The quantitative estimate of drug-likeness (QED) is 0.747. The predicted octanol–water partition coefficient (Wildman–Crippen LogP) is 1.73. The van der Waals surface area contributed by atoms with Crippen molar-refractivity contribution in [2.24, 2.45) is 0 Å². The minimum absolute atomic E-state index is 0.267. The van der Waals surface area contributed by atoms with Gasteiger partial charge in [0, 0.05) is 6.07 Å². The van der Waals surface area contributed by atoms with Gasteiger partial charge in [-0.25, -0.2) is 4.68 Å². The van der Waals surface area contributed by atoms with Crippen LogP contribution in [0.15, 0.2) is 24.4 Å². The Balaban J connectivity index is 2.00. The maximum atomic E-state index is 5.66. The van der Waals surface area contributed by atoms with E-state index in [-0.39, 0.29) is 6.79 Å². The molecular formula is C10H8ClN3O2. The van der Waals surface area contributed by atoms with Gasteiger partial charge in [-0.05, 0) is 12.1 Å². The molecular weight excluding hydrogens is 230 g/mol. The van der Waals surface area contributed by atoms with E-state index in [1.165, 1.54) is 0 Å². The monoisotopic (exact) mass is 237 g/mol. The topological polar surface area (TPSA) is 49.2 Å². The Morgan fingerprint density at radius 1 is 1.31 bits per heavy atom. The molecule has 3 rings (SSSR count). The molecule has 6 heteroatoms. The molecule has 0 saturated heterocycles. The molecule has 0 fully saturated rings. The van der Waals surface area contributed by atoms with E-state index in [9.17, 15) is 0 Å². The zero-order valence-electron chi connectivity index (χ0n) is 8.26. The fraction of sp³-hybridized carbons (Fsp3) is 0.200. The Labute approximate surface area is 96.5 Å². The van der Waals surface area contributed by atoms with Gasteiger partial charge in [0.25, 0.3) is 0 Å². The van der Waals surface area contributed by atoms with Crippen LogP contribution in [0.3, 0.4) is 0 Å². The Hall–Kier alpha value is -1.75. The van der Waals surface area contributed by atoms with Gasteiger partial charge in [0.15, 0.2) is 11.5 Å². The molecule has 16 heavy (non-hydrogen) atoms. The summed E-state index contributed by atoms with van der Waals surface area (Å²) in [6.45, 7) is 0.267. The first-order valence-corrected chi connectivity index (χ1v) is 5.27. The largest absolute Gasteiger partial charge is 0.454 e. The van der Waals surface area contributed by atoms with Crippen molar-refractivity contribution in [2.45, 2.75) is 5.88 Å². The number of halogens is 1. The molecule has 0 radical (unpaired) electrons. The van der Waals surface area contributed by atoms with E-state index in [1.54, 1.807) is 10.9 Å². The van der Waals surface area contributed by atoms with Crippen LogP contribution < -0.4 is 9.47 Å². The number of ether oxygens (including phenoxy) is 2. The Morgan fingerprint density at radius 2 is 2.19 bits per heavy atom. The second kappa shape index (κ2) is 3.68. The van der Waals surface area contributed by atoms with E-state index >= 15 is 0 Å². The number of alkyl halides is 1. The highest BCUT2D eigenvalue weighted by molar-refractivity contribution is 6.16. The van der Waals surface area contributed by atoms with Crippen molar-refractivity contribution in [3.8, 4) is 17.2 Å². The minimum atomic E-state index is 0.267. The molecule has 0 amide bonds. The first-order valence-electron chi connectivity index (χ1n) is 4.74. The van der Waals surface area contributed by atoms with Crippen LogP contribution in [0.2, 0.25) is 0 Å². The van der Waals surface area contributed by atoms with E-state index < -0.39 is 0 Å². The van der Waals surface area contributed by atoms with Gasteiger partial charge in [0.05, 0.1) is 23.5 Å². The zero-order valence-corrected chi connectivity index (χ0v) is 9.02. The van der Waals surface area contributed by atoms with Crippen LogP contribution in [0.1, 0.15) is 5.69 Å². The Morgan fingerprint density at radius 3 is 3.00 bits per heavy atom. The number of nitrogens with zero attached hydrogens (tertiary/aromatic N) is 3. The second-order valence-electron chi connectivity index (χ2n) is 3.33. The lowest BCUT2D eigenvalue weighted by Crippen LogP contribution is -1.94. The molecule has 0 atom stereocenters. The average Bonchev–Trinajstić information content (AvgIpc) is 2.96. The number of aromatic nitrogens is 3. The van der Waals surface area contributed by atoms with Crippen molar-refractivity contribution in [3.63, 3.8) is 0 Å². The zero-order chi connectivity index (χ0) is 11.0. The molecule has 0 saturated carbocycles. The van der Waals surface area contributed by atoms with E-state index in [0.29, 0.717) is 5.88 Å². The molecule has 0 N–H and O–H groups in total. The van der Waals surface area contributed by atoms with Crippen molar-refractivity contribution in [3.05, 3.63) is 30.1 Å². The lowest BCUT2D eigenvalue weighted by molar-refractivity contribution is 0.174. The van der Waals surface area contributed by atoms with Crippen molar-refractivity contribution < 1.29 is 9.47 Å². The molecule has 1 aromatic heterocycles. The number of hydrogen-bond donors (Lipinski definition) is 0. The standard InChI is InChI=1S/C10H8ClN3O2/c11-4-7-5-14(13-12-7)8-1-2-9-10(3-8)16-6-15-9/h1-3,5H,4,6H2. The van der Waals surface area contributed by atoms with Crippen molar-refractivity contribution in [2.75, 3.05) is 6.79 Å². The molecule has 5 nitrogen and oxygen atoms in total. The van der Waals surface area contributed by atoms with Crippen molar-refractivity contribution >= 4 is 11.6 Å². The van der Waals surface area contributed by atoms with Gasteiger partial charge in [0.2, 0.25) is 6.79 Å². The summed E-state index contributed by atoms with van der Waals surface area (Å²) < 4.78 is 12.2. The third kappa shape index (κ3) is 1.49. The van der Waals surface area contributed by atoms with Crippen LogP contribution >= 0.6 is 11.6 Å². The van der Waals surface area contributed by atoms with Gasteiger partial charge in [-0.1, -0.05) is 5.21 Å². The molecule has 1 aromatic carbocycles. The lowest BCUT2D eigenvalue weighted by atomic mass is 10.3. The number of rotatable bonds is 2. The highest BCUT2D eigenvalue weighted by Crippen LogP contribution is 2.33.